The third kappa shape index (κ3) is 4.86. The summed E-state index contributed by atoms with van der Waals surface area (Å²) in [5.74, 6) is 1.21. The molecule has 2 N–H and O–H groups in total. The first-order chi connectivity index (χ1) is 12.1. The maximum absolute atomic E-state index is 12.4. The number of unbranched alkanes of at least 4 members (excludes halogenated alkanes) is 1. The summed E-state index contributed by atoms with van der Waals surface area (Å²) >= 11 is 0. The number of aryl methyl sites for hydroxylation is 1. The van der Waals surface area contributed by atoms with Gasteiger partial charge in [-0.1, -0.05) is 37.6 Å². The number of hydrogen-bond acceptors (Lipinski definition) is 3. The third-order valence-corrected chi connectivity index (χ3v) is 5.93. The number of carbonyl (C=O) groups excluding carboxylic acids is 2. The molecule has 26 heavy (non-hydrogen) atoms. The summed E-state index contributed by atoms with van der Waals surface area (Å²) in [6.45, 7) is 3.79. The zero-order chi connectivity index (χ0) is 17.8. The minimum Gasteiger partial charge on any atom is -0.342 e. The molecule has 1 heterocycles. The standard InChI is InChI=1S/C21H30N2O2.ClH/c1-2-3-4-15-5-7-16(8-6-15)20(24)11-12-21(25)23-13-17-9-10-19(22)18(17)14-23;/h5-8,17-19H,2-4,9-14,22H2,1H3;1H. The Morgan fingerprint density at radius 3 is 2.50 bits per heavy atom. The van der Waals surface area contributed by atoms with Crippen molar-refractivity contribution in [2.24, 2.45) is 17.6 Å². The number of hydrogen-bond donors (Lipinski definition) is 1. The second kappa shape index (κ2) is 9.52. The molecule has 3 unspecified atom stereocenters. The highest BCUT2D eigenvalue weighted by atomic mass is 35.5. The fourth-order valence-electron chi connectivity index (χ4n) is 4.27. The molecule has 1 aromatic carbocycles. The van der Waals surface area contributed by atoms with Gasteiger partial charge in [0.1, 0.15) is 0 Å². The number of fused-ring (bicyclic) bond motifs is 1. The van der Waals surface area contributed by atoms with E-state index in [0.29, 0.717) is 30.2 Å². The van der Waals surface area contributed by atoms with Gasteiger partial charge >= 0.3 is 0 Å². The van der Waals surface area contributed by atoms with E-state index in [-0.39, 0.29) is 30.1 Å². The minimum atomic E-state index is 0. The summed E-state index contributed by atoms with van der Waals surface area (Å²) in [5.41, 5.74) is 8.12. The molecular formula is C21H31ClN2O2. The minimum absolute atomic E-state index is 0. The van der Waals surface area contributed by atoms with Gasteiger partial charge in [-0.05, 0) is 43.1 Å². The Bertz CT molecular complexity index is 617. The maximum atomic E-state index is 12.4. The van der Waals surface area contributed by atoms with E-state index in [0.717, 1.165) is 32.4 Å². The van der Waals surface area contributed by atoms with Crippen LogP contribution in [0.15, 0.2) is 24.3 Å². The third-order valence-electron chi connectivity index (χ3n) is 5.93. The van der Waals surface area contributed by atoms with Crippen LogP contribution in [0.1, 0.15) is 61.4 Å². The summed E-state index contributed by atoms with van der Waals surface area (Å²) in [7, 11) is 0. The van der Waals surface area contributed by atoms with Crippen molar-refractivity contribution in [1.29, 1.82) is 0 Å². The van der Waals surface area contributed by atoms with Crippen LogP contribution in [0.25, 0.3) is 0 Å². The largest absolute Gasteiger partial charge is 0.342 e. The van der Waals surface area contributed by atoms with Crippen LogP contribution in [-0.4, -0.2) is 35.7 Å². The number of likely N-dealkylation sites (tertiary alicyclic amines) is 1. The maximum Gasteiger partial charge on any atom is 0.223 e. The van der Waals surface area contributed by atoms with Gasteiger partial charge in [-0.25, -0.2) is 0 Å². The van der Waals surface area contributed by atoms with Crippen LogP contribution in [0.3, 0.4) is 0 Å². The van der Waals surface area contributed by atoms with E-state index in [4.69, 9.17) is 5.73 Å². The first kappa shape index (κ1) is 20.9. The predicted octanol–water partition coefficient (Wildman–Crippen LogP) is 3.61. The van der Waals surface area contributed by atoms with Crippen LogP contribution in [-0.2, 0) is 11.2 Å². The number of benzene rings is 1. The zero-order valence-corrected chi connectivity index (χ0v) is 16.5. The van der Waals surface area contributed by atoms with E-state index in [9.17, 15) is 9.59 Å². The molecule has 1 saturated heterocycles. The number of rotatable bonds is 7. The van der Waals surface area contributed by atoms with Gasteiger partial charge in [-0.15, -0.1) is 12.4 Å². The molecule has 2 fully saturated rings. The van der Waals surface area contributed by atoms with Crippen LogP contribution in [0.5, 0.6) is 0 Å². The number of ketones is 1. The van der Waals surface area contributed by atoms with Gasteiger partial charge in [0.15, 0.2) is 5.78 Å². The summed E-state index contributed by atoms with van der Waals surface area (Å²) in [4.78, 5) is 26.7. The van der Waals surface area contributed by atoms with Gasteiger partial charge in [-0.3, -0.25) is 9.59 Å². The monoisotopic (exact) mass is 378 g/mol. The normalized spacial score (nSPS) is 24.2. The smallest absolute Gasteiger partial charge is 0.223 e. The molecule has 1 aromatic rings. The Hall–Kier alpha value is -1.39. The molecular weight excluding hydrogens is 348 g/mol. The molecule has 0 aromatic heterocycles. The van der Waals surface area contributed by atoms with E-state index in [1.165, 1.54) is 18.4 Å². The van der Waals surface area contributed by atoms with Crippen molar-refractivity contribution in [3.63, 3.8) is 0 Å². The van der Waals surface area contributed by atoms with Crippen molar-refractivity contribution in [1.82, 2.24) is 4.90 Å². The molecule has 0 bridgehead atoms. The summed E-state index contributed by atoms with van der Waals surface area (Å²) in [6.07, 6.45) is 6.23. The molecule has 0 radical (unpaired) electrons. The molecule has 0 spiro atoms. The molecule has 144 valence electrons. The van der Waals surface area contributed by atoms with E-state index >= 15 is 0 Å². The van der Waals surface area contributed by atoms with Crippen molar-refractivity contribution in [2.45, 2.75) is 57.9 Å². The van der Waals surface area contributed by atoms with Crippen LogP contribution < -0.4 is 5.73 Å². The number of halogens is 1. The van der Waals surface area contributed by atoms with E-state index < -0.39 is 0 Å². The average molecular weight is 379 g/mol. The fourth-order valence-corrected chi connectivity index (χ4v) is 4.27. The van der Waals surface area contributed by atoms with Crippen LogP contribution >= 0.6 is 12.4 Å². The van der Waals surface area contributed by atoms with Gasteiger partial charge in [0.2, 0.25) is 5.91 Å². The summed E-state index contributed by atoms with van der Waals surface area (Å²) in [6, 6.07) is 8.12. The Morgan fingerprint density at radius 1 is 1.12 bits per heavy atom. The fraction of sp³-hybridized carbons (Fsp3) is 0.619. The lowest BCUT2D eigenvalue weighted by molar-refractivity contribution is -0.130. The summed E-state index contributed by atoms with van der Waals surface area (Å²) in [5, 5.41) is 0. The molecule has 1 aliphatic heterocycles. The van der Waals surface area contributed by atoms with Gasteiger partial charge < -0.3 is 10.6 Å². The molecule has 5 heteroatoms. The van der Waals surface area contributed by atoms with Crippen molar-refractivity contribution in [3.05, 3.63) is 35.4 Å². The molecule has 1 saturated carbocycles. The van der Waals surface area contributed by atoms with E-state index in [1.807, 2.05) is 29.2 Å². The van der Waals surface area contributed by atoms with Gasteiger partial charge in [-0.2, -0.15) is 0 Å². The lowest BCUT2D eigenvalue weighted by atomic mass is 9.98. The second-order valence-corrected chi connectivity index (χ2v) is 7.69. The van der Waals surface area contributed by atoms with Crippen LogP contribution in [0, 0.1) is 11.8 Å². The van der Waals surface area contributed by atoms with Crippen molar-refractivity contribution >= 4 is 24.1 Å². The molecule has 3 rings (SSSR count). The molecule has 4 nitrogen and oxygen atoms in total. The molecule has 2 aliphatic rings. The number of amides is 1. The summed E-state index contributed by atoms with van der Waals surface area (Å²) < 4.78 is 0. The number of Topliss-reactive ketones (excluding diaryl/α,β-unsaturated/α-hetero) is 1. The lowest BCUT2D eigenvalue weighted by Gasteiger charge is -2.18. The Balaban J connectivity index is 0.00000243. The molecule has 1 amide bonds. The Morgan fingerprint density at radius 2 is 1.85 bits per heavy atom. The number of nitrogens with zero attached hydrogens (tertiary/aromatic N) is 1. The average Bonchev–Trinajstić information content (AvgIpc) is 3.20. The highest BCUT2D eigenvalue weighted by Crippen LogP contribution is 2.37. The lowest BCUT2D eigenvalue weighted by Crippen LogP contribution is -2.33. The number of carbonyl (C=O) groups is 2. The van der Waals surface area contributed by atoms with Crippen LogP contribution in [0.4, 0.5) is 0 Å². The predicted molar refractivity (Wildman–Crippen MR) is 107 cm³/mol. The first-order valence-electron chi connectivity index (χ1n) is 9.74. The second-order valence-electron chi connectivity index (χ2n) is 7.69. The van der Waals surface area contributed by atoms with E-state index in [2.05, 4.69) is 6.92 Å². The topological polar surface area (TPSA) is 63.4 Å². The molecule has 1 aliphatic carbocycles. The SMILES string of the molecule is CCCCc1ccc(C(=O)CCC(=O)N2CC3CCC(N)C3C2)cc1.Cl. The first-order valence-corrected chi connectivity index (χ1v) is 9.74. The highest BCUT2D eigenvalue weighted by Gasteiger charge is 2.42. The Labute approximate surface area is 162 Å². The van der Waals surface area contributed by atoms with Gasteiger partial charge in [0.25, 0.3) is 0 Å². The molecule has 3 atom stereocenters. The van der Waals surface area contributed by atoms with Crippen LogP contribution in [0.2, 0.25) is 0 Å². The zero-order valence-electron chi connectivity index (χ0n) is 15.7. The van der Waals surface area contributed by atoms with Gasteiger partial charge in [0, 0.05) is 37.5 Å². The Kier molecular flexibility index (Phi) is 7.66. The highest BCUT2D eigenvalue weighted by molar-refractivity contribution is 5.98. The van der Waals surface area contributed by atoms with Crippen molar-refractivity contribution in [2.75, 3.05) is 13.1 Å². The van der Waals surface area contributed by atoms with Crippen molar-refractivity contribution < 1.29 is 9.59 Å². The number of nitrogens with two attached hydrogens (primary N) is 1. The quantitative estimate of drug-likeness (QED) is 0.737. The van der Waals surface area contributed by atoms with Gasteiger partial charge in [0.05, 0.1) is 0 Å². The van der Waals surface area contributed by atoms with Crippen molar-refractivity contribution in [3.8, 4) is 0 Å². The van der Waals surface area contributed by atoms with E-state index in [1.54, 1.807) is 0 Å².